The summed E-state index contributed by atoms with van der Waals surface area (Å²) in [5.74, 6) is -6.88. The topological polar surface area (TPSA) is 235 Å². The number of amides is 6. The van der Waals surface area contributed by atoms with Gasteiger partial charge in [-0.15, -0.1) is 0 Å². The molecule has 0 bridgehead atoms. The molecule has 2 aromatic carbocycles. The standard InChI is InChI=1S/C44H64F3N9O6/c1-26(2)22-33(41(61)55-21-11-17-34(55)37(48)57)53-38(58)32(16-10-20-51-43(49)50)52-40(60)36(30-13-6-5-7-14-30)54-39(59)35(56(25-27(3)4)42(62)44(45,46)47)24-28-18-19-29-12-8-9-15-31(29)23-28/h8-9,12,15,18-19,23,26-27,30,32-36H,5-7,10-11,13-14,16-17,20-22,24-25H2,1-4H3,(H2,48,57)(H,52,60)(H,53,58)(H,54,59)(H4,49,50,51)/t32-,33-,34-,35-,36-/m0/s1. The molecule has 2 fully saturated rings. The minimum Gasteiger partial charge on any atom is -0.370 e. The van der Waals surface area contributed by atoms with Crippen molar-refractivity contribution in [2.24, 2.45) is 39.9 Å². The summed E-state index contributed by atoms with van der Waals surface area (Å²) in [6.45, 7) is 7.00. The van der Waals surface area contributed by atoms with Crippen molar-refractivity contribution >= 4 is 52.2 Å². The van der Waals surface area contributed by atoms with Crippen LogP contribution in [-0.2, 0) is 35.2 Å². The summed E-state index contributed by atoms with van der Waals surface area (Å²) in [6, 6.07) is 6.47. The molecule has 0 spiro atoms. The summed E-state index contributed by atoms with van der Waals surface area (Å²) in [6.07, 6.45) is -0.851. The van der Waals surface area contributed by atoms with Crippen LogP contribution in [0.15, 0.2) is 47.5 Å². The van der Waals surface area contributed by atoms with E-state index in [1.54, 1.807) is 32.0 Å². The van der Waals surface area contributed by atoms with Gasteiger partial charge in [0.15, 0.2) is 5.96 Å². The number of rotatable bonds is 20. The fraction of sp³-hybridized carbons (Fsp3) is 0.614. The molecule has 342 valence electrons. The van der Waals surface area contributed by atoms with Gasteiger partial charge in [-0.25, -0.2) is 0 Å². The van der Waals surface area contributed by atoms with Crippen LogP contribution >= 0.6 is 0 Å². The number of guanidine groups is 1. The zero-order valence-corrected chi connectivity index (χ0v) is 36.2. The lowest BCUT2D eigenvalue weighted by molar-refractivity contribution is -0.189. The van der Waals surface area contributed by atoms with E-state index in [2.05, 4.69) is 20.9 Å². The molecule has 18 heteroatoms. The molecule has 2 aliphatic rings. The van der Waals surface area contributed by atoms with Crippen molar-refractivity contribution in [2.75, 3.05) is 19.6 Å². The van der Waals surface area contributed by atoms with Gasteiger partial charge in [-0.05, 0) is 79.0 Å². The fourth-order valence-electron chi connectivity index (χ4n) is 8.48. The smallest absolute Gasteiger partial charge is 0.370 e. The van der Waals surface area contributed by atoms with Gasteiger partial charge in [0.05, 0.1) is 0 Å². The van der Waals surface area contributed by atoms with Gasteiger partial charge in [0.1, 0.15) is 30.2 Å². The Morgan fingerprint density at radius 1 is 0.806 bits per heavy atom. The van der Waals surface area contributed by atoms with E-state index in [0.29, 0.717) is 36.1 Å². The predicted octanol–water partition coefficient (Wildman–Crippen LogP) is 3.41. The summed E-state index contributed by atoms with van der Waals surface area (Å²) >= 11 is 0. The maximum absolute atomic E-state index is 14.6. The molecule has 62 heavy (non-hydrogen) atoms. The number of fused-ring (bicyclic) bond motifs is 1. The number of nitrogens with one attached hydrogen (secondary N) is 3. The van der Waals surface area contributed by atoms with Gasteiger partial charge in [-0.1, -0.05) is 89.4 Å². The second-order valence-electron chi connectivity index (χ2n) is 17.4. The zero-order valence-electron chi connectivity index (χ0n) is 36.2. The number of likely N-dealkylation sites (tertiary alicyclic amines) is 1. The predicted molar refractivity (Wildman–Crippen MR) is 230 cm³/mol. The first kappa shape index (κ1) is 49.2. The first-order valence-corrected chi connectivity index (χ1v) is 21.7. The van der Waals surface area contributed by atoms with Gasteiger partial charge in [0.2, 0.25) is 29.5 Å². The molecule has 0 unspecified atom stereocenters. The SMILES string of the molecule is CC(C)C[C@H](NC(=O)[C@H](CCCN=C(N)N)NC(=O)[C@@H](NC(=O)[C@H](Cc1ccc2ccccc2c1)N(CC(C)C)C(=O)C(F)(F)F)C1CCCCC1)C(=O)N1CCC[C@H]1C(N)=O. The maximum Gasteiger partial charge on any atom is 0.471 e. The minimum atomic E-state index is -5.29. The Kier molecular flexibility index (Phi) is 18.0. The van der Waals surface area contributed by atoms with Crippen molar-refractivity contribution in [1.82, 2.24) is 25.8 Å². The third-order valence-electron chi connectivity index (χ3n) is 11.5. The molecule has 0 radical (unpaired) electrons. The second kappa shape index (κ2) is 22.6. The lowest BCUT2D eigenvalue weighted by atomic mass is 9.83. The average Bonchev–Trinajstić information content (AvgIpc) is 3.72. The van der Waals surface area contributed by atoms with Crippen molar-refractivity contribution in [1.29, 1.82) is 0 Å². The van der Waals surface area contributed by atoms with Gasteiger partial charge in [0, 0.05) is 26.1 Å². The number of carbonyl (C=O) groups excluding carboxylic acids is 6. The number of carbonyl (C=O) groups is 6. The number of primary amides is 1. The molecule has 9 N–H and O–H groups in total. The van der Waals surface area contributed by atoms with E-state index in [4.69, 9.17) is 17.2 Å². The quantitative estimate of drug-likeness (QED) is 0.0654. The Hall–Kier alpha value is -5.42. The maximum atomic E-state index is 14.6. The van der Waals surface area contributed by atoms with E-state index < -0.39 is 90.2 Å². The van der Waals surface area contributed by atoms with Gasteiger partial charge in [-0.2, -0.15) is 13.2 Å². The molecule has 15 nitrogen and oxygen atoms in total. The van der Waals surface area contributed by atoms with Gasteiger partial charge in [-0.3, -0.25) is 33.8 Å². The highest BCUT2D eigenvalue weighted by atomic mass is 19.4. The first-order chi connectivity index (χ1) is 29.3. The van der Waals surface area contributed by atoms with E-state index in [-0.39, 0.29) is 50.7 Å². The van der Waals surface area contributed by atoms with Gasteiger partial charge in [0.25, 0.3) is 0 Å². The van der Waals surface area contributed by atoms with Crippen LogP contribution in [0.1, 0.15) is 97.5 Å². The number of nitrogens with two attached hydrogens (primary N) is 3. The van der Waals surface area contributed by atoms with Crippen LogP contribution in [0, 0.1) is 17.8 Å². The van der Waals surface area contributed by atoms with Crippen LogP contribution in [0.3, 0.4) is 0 Å². The molecule has 5 atom stereocenters. The van der Waals surface area contributed by atoms with Gasteiger partial charge < -0.3 is 43.0 Å². The third-order valence-corrected chi connectivity index (χ3v) is 11.5. The molecule has 1 aliphatic heterocycles. The third kappa shape index (κ3) is 14.1. The van der Waals surface area contributed by atoms with E-state index in [9.17, 15) is 41.9 Å². The largest absolute Gasteiger partial charge is 0.471 e. The number of aliphatic imine (C=N–C) groups is 1. The molecule has 2 aromatic rings. The van der Waals surface area contributed by atoms with Crippen molar-refractivity contribution in [3.63, 3.8) is 0 Å². The molecular weight excluding hydrogens is 808 g/mol. The van der Waals surface area contributed by atoms with E-state index in [0.717, 1.165) is 30.0 Å². The van der Waals surface area contributed by atoms with Crippen LogP contribution in [0.25, 0.3) is 10.8 Å². The van der Waals surface area contributed by atoms with Crippen molar-refractivity contribution < 1.29 is 41.9 Å². The molecule has 1 aliphatic carbocycles. The molecule has 6 amide bonds. The van der Waals surface area contributed by atoms with Crippen LogP contribution in [0.5, 0.6) is 0 Å². The summed E-state index contributed by atoms with van der Waals surface area (Å²) < 4.78 is 42.8. The highest BCUT2D eigenvalue weighted by Crippen LogP contribution is 2.29. The Balaban J connectivity index is 1.69. The lowest BCUT2D eigenvalue weighted by Crippen LogP contribution is -2.61. The highest BCUT2D eigenvalue weighted by molar-refractivity contribution is 5.97. The number of nitrogens with zero attached hydrogens (tertiary/aromatic N) is 3. The molecule has 4 rings (SSSR count). The average molecular weight is 872 g/mol. The van der Waals surface area contributed by atoms with Crippen LogP contribution < -0.4 is 33.2 Å². The number of hydrogen-bond donors (Lipinski definition) is 6. The van der Waals surface area contributed by atoms with Crippen molar-refractivity contribution in [3.8, 4) is 0 Å². The number of benzene rings is 2. The monoisotopic (exact) mass is 871 g/mol. The summed E-state index contributed by atoms with van der Waals surface area (Å²) in [5.41, 5.74) is 17.1. The second-order valence-corrected chi connectivity index (χ2v) is 17.4. The summed E-state index contributed by atoms with van der Waals surface area (Å²) in [4.78, 5) is 88.4. The zero-order chi connectivity index (χ0) is 45.7. The lowest BCUT2D eigenvalue weighted by Gasteiger charge is -2.36. The Morgan fingerprint density at radius 3 is 2.08 bits per heavy atom. The normalized spacial score (nSPS) is 17.8. The van der Waals surface area contributed by atoms with Crippen molar-refractivity contribution in [2.45, 2.75) is 135 Å². The van der Waals surface area contributed by atoms with E-state index in [1.807, 2.05) is 38.1 Å². The fourth-order valence-corrected chi connectivity index (χ4v) is 8.48. The molecule has 1 saturated carbocycles. The number of hydrogen-bond acceptors (Lipinski definition) is 7. The van der Waals surface area contributed by atoms with E-state index in [1.165, 1.54) is 4.90 Å². The molecule has 1 saturated heterocycles. The Morgan fingerprint density at radius 2 is 1.47 bits per heavy atom. The van der Waals surface area contributed by atoms with Crippen LogP contribution in [0.2, 0.25) is 0 Å². The highest BCUT2D eigenvalue weighted by Gasteiger charge is 2.47. The van der Waals surface area contributed by atoms with E-state index >= 15 is 0 Å². The number of alkyl halides is 3. The first-order valence-electron chi connectivity index (χ1n) is 21.7. The molecular formula is C44H64F3N9O6. The Bertz CT molecular complexity index is 1920. The molecule has 0 aromatic heterocycles. The van der Waals surface area contributed by atoms with Crippen LogP contribution in [-0.4, -0.2) is 107 Å². The van der Waals surface area contributed by atoms with Crippen molar-refractivity contribution in [3.05, 3.63) is 48.0 Å². The Labute approximate surface area is 361 Å². The summed E-state index contributed by atoms with van der Waals surface area (Å²) in [5, 5.41) is 10.0. The number of halogens is 3. The minimum absolute atomic E-state index is 0.00272. The van der Waals surface area contributed by atoms with Gasteiger partial charge >= 0.3 is 12.1 Å². The molecule has 1 heterocycles. The van der Waals surface area contributed by atoms with Crippen LogP contribution in [0.4, 0.5) is 13.2 Å². The summed E-state index contributed by atoms with van der Waals surface area (Å²) in [7, 11) is 0.